The molecular formula is C14H5Br2ClN2O5. The lowest BCUT2D eigenvalue weighted by Crippen LogP contribution is -2.06. The summed E-state index contributed by atoms with van der Waals surface area (Å²) < 4.78 is 11.5. The van der Waals surface area contributed by atoms with Crippen LogP contribution in [0.2, 0.25) is 5.02 Å². The van der Waals surface area contributed by atoms with Crippen LogP contribution in [-0.2, 0) is 9.53 Å². The van der Waals surface area contributed by atoms with Gasteiger partial charge in [-0.15, -0.1) is 0 Å². The quantitative estimate of drug-likeness (QED) is 0.277. The average Bonchev–Trinajstić information content (AvgIpc) is 3.03. The summed E-state index contributed by atoms with van der Waals surface area (Å²) >= 11 is 12.2. The van der Waals surface area contributed by atoms with Gasteiger partial charge in [0.25, 0.3) is 5.69 Å². The standard InChI is InChI=1S/C14H5Br2ClN2O5/c15-8-4-7(23-12(8)16)5-10-14(20)24-13(18-10)6-1-2-9(17)11(3-6)19(21)22/h1-5H/b10-5-. The number of halogens is 3. The second-order valence-electron chi connectivity index (χ2n) is 4.53. The summed E-state index contributed by atoms with van der Waals surface area (Å²) in [6, 6.07) is 5.65. The first kappa shape index (κ1) is 16.9. The molecule has 1 aromatic carbocycles. The number of nitro benzene ring substituents is 1. The smallest absolute Gasteiger partial charge is 0.363 e. The molecule has 7 nitrogen and oxygen atoms in total. The van der Waals surface area contributed by atoms with Crippen molar-refractivity contribution in [3.63, 3.8) is 0 Å². The molecule has 1 aliphatic rings. The Hall–Kier alpha value is -1.97. The van der Waals surface area contributed by atoms with Crippen molar-refractivity contribution in [1.29, 1.82) is 0 Å². The maximum atomic E-state index is 11.9. The van der Waals surface area contributed by atoms with Gasteiger partial charge in [-0.2, -0.15) is 0 Å². The molecule has 0 radical (unpaired) electrons. The maximum absolute atomic E-state index is 11.9. The molecule has 1 aliphatic heterocycles. The Labute approximate surface area is 156 Å². The number of cyclic esters (lactones) is 1. The zero-order valence-corrected chi connectivity index (χ0v) is 15.4. The Morgan fingerprint density at radius 3 is 2.67 bits per heavy atom. The summed E-state index contributed by atoms with van der Waals surface area (Å²) in [5.41, 5.74) is -0.0229. The molecule has 0 saturated heterocycles. The van der Waals surface area contributed by atoms with E-state index in [1.165, 1.54) is 24.3 Å². The molecule has 0 saturated carbocycles. The monoisotopic (exact) mass is 474 g/mol. The zero-order chi connectivity index (χ0) is 17.4. The molecule has 24 heavy (non-hydrogen) atoms. The van der Waals surface area contributed by atoms with Gasteiger partial charge in [-0.25, -0.2) is 9.79 Å². The van der Waals surface area contributed by atoms with E-state index in [9.17, 15) is 14.9 Å². The Morgan fingerprint density at radius 2 is 2.04 bits per heavy atom. The van der Waals surface area contributed by atoms with Gasteiger partial charge in [0.15, 0.2) is 10.4 Å². The summed E-state index contributed by atoms with van der Waals surface area (Å²) in [6.07, 6.45) is 1.40. The fourth-order valence-corrected chi connectivity index (χ4v) is 2.68. The third kappa shape index (κ3) is 3.28. The Balaban J connectivity index is 1.97. The van der Waals surface area contributed by atoms with Gasteiger partial charge in [-0.3, -0.25) is 10.1 Å². The number of esters is 1. The number of rotatable bonds is 3. The molecule has 0 fully saturated rings. The molecule has 3 rings (SSSR count). The highest BCUT2D eigenvalue weighted by atomic mass is 79.9. The van der Waals surface area contributed by atoms with Crippen LogP contribution >= 0.6 is 43.5 Å². The molecule has 0 bridgehead atoms. The largest absolute Gasteiger partial charge is 0.449 e. The molecule has 10 heteroatoms. The van der Waals surface area contributed by atoms with Crippen LogP contribution < -0.4 is 0 Å². The molecule has 1 aromatic heterocycles. The van der Waals surface area contributed by atoms with Crippen LogP contribution in [-0.4, -0.2) is 16.8 Å². The van der Waals surface area contributed by atoms with Crippen molar-refractivity contribution >= 4 is 67.1 Å². The van der Waals surface area contributed by atoms with E-state index >= 15 is 0 Å². The molecule has 0 amide bonds. The molecule has 0 N–H and O–H groups in total. The van der Waals surface area contributed by atoms with E-state index < -0.39 is 10.9 Å². The molecule has 2 heterocycles. The number of ether oxygens (including phenoxy) is 1. The fourth-order valence-electron chi connectivity index (χ4n) is 1.89. The van der Waals surface area contributed by atoms with E-state index in [-0.39, 0.29) is 27.9 Å². The molecule has 0 aliphatic carbocycles. The highest BCUT2D eigenvalue weighted by Crippen LogP contribution is 2.30. The number of furan rings is 1. The Kier molecular flexibility index (Phi) is 4.57. The van der Waals surface area contributed by atoms with Gasteiger partial charge in [0.2, 0.25) is 5.90 Å². The van der Waals surface area contributed by atoms with E-state index in [0.717, 1.165) is 0 Å². The van der Waals surface area contributed by atoms with Gasteiger partial charge < -0.3 is 9.15 Å². The minimum absolute atomic E-state index is 0.0105. The number of hydrogen-bond donors (Lipinski definition) is 0. The van der Waals surface area contributed by atoms with E-state index in [1.54, 1.807) is 6.07 Å². The average molecular weight is 476 g/mol. The molecule has 0 spiro atoms. The van der Waals surface area contributed by atoms with Crippen molar-refractivity contribution in [3.05, 3.63) is 65.6 Å². The predicted molar refractivity (Wildman–Crippen MR) is 92.8 cm³/mol. The maximum Gasteiger partial charge on any atom is 0.363 e. The number of benzene rings is 1. The molecule has 0 atom stereocenters. The Bertz CT molecular complexity index is 916. The highest BCUT2D eigenvalue weighted by Gasteiger charge is 2.26. The van der Waals surface area contributed by atoms with Crippen molar-refractivity contribution in [2.75, 3.05) is 0 Å². The van der Waals surface area contributed by atoms with Gasteiger partial charge in [0.1, 0.15) is 10.8 Å². The minimum atomic E-state index is -0.689. The van der Waals surface area contributed by atoms with Crippen LogP contribution in [0.15, 0.2) is 48.5 Å². The van der Waals surface area contributed by atoms with Crippen molar-refractivity contribution < 1.29 is 18.9 Å². The number of carbonyl (C=O) groups excluding carboxylic acids is 1. The number of carbonyl (C=O) groups is 1. The summed E-state index contributed by atoms with van der Waals surface area (Å²) in [5.74, 6) is -0.352. The van der Waals surface area contributed by atoms with Crippen LogP contribution in [0.3, 0.4) is 0 Å². The van der Waals surface area contributed by atoms with Gasteiger partial charge >= 0.3 is 5.97 Å². The summed E-state index contributed by atoms with van der Waals surface area (Å²) in [5, 5.41) is 10.9. The van der Waals surface area contributed by atoms with Gasteiger partial charge in [-0.1, -0.05) is 11.6 Å². The fraction of sp³-hybridized carbons (Fsp3) is 0. The lowest BCUT2D eigenvalue weighted by atomic mass is 10.2. The molecule has 0 unspecified atom stereocenters. The van der Waals surface area contributed by atoms with Crippen LogP contribution in [0.5, 0.6) is 0 Å². The molecule has 2 aromatic rings. The first-order valence-electron chi connectivity index (χ1n) is 6.27. The summed E-state index contributed by atoms with van der Waals surface area (Å²) in [7, 11) is 0. The predicted octanol–water partition coefficient (Wildman–Crippen LogP) is 4.71. The normalized spacial score (nSPS) is 15.5. The van der Waals surface area contributed by atoms with Crippen LogP contribution in [0, 0.1) is 10.1 Å². The second-order valence-corrected chi connectivity index (χ2v) is 6.51. The number of nitrogens with zero attached hydrogens (tertiary/aromatic N) is 2. The summed E-state index contributed by atoms with van der Waals surface area (Å²) in [4.78, 5) is 26.3. The van der Waals surface area contributed by atoms with Gasteiger partial charge in [0.05, 0.1) is 9.40 Å². The SMILES string of the molecule is O=C1OC(c2ccc(Cl)c([N+](=O)[O-])c2)=N/C1=C\c1cc(Br)c(Br)o1. The third-order valence-electron chi connectivity index (χ3n) is 2.95. The Morgan fingerprint density at radius 1 is 1.29 bits per heavy atom. The van der Waals surface area contributed by atoms with Crippen molar-refractivity contribution in [2.24, 2.45) is 4.99 Å². The summed E-state index contributed by atoms with van der Waals surface area (Å²) in [6.45, 7) is 0. The van der Waals surface area contributed by atoms with Crippen LogP contribution in [0.25, 0.3) is 6.08 Å². The van der Waals surface area contributed by atoms with Crippen LogP contribution in [0.1, 0.15) is 11.3 Å². The zero-order valence-electron chi connectivity index (χ0n) is 11.5. The van der Waals surface area contributed by atoms with Crippen LogP contribution in [0.4, 0.5) is 5.69 Å². The van der Waals surface area contributed by atoms with Gasteiger partial charge in [0, 0.05) is 17.7 Å². The van der Waals surface area contributed by atoms with Gasteiger partial charge in [-0.05, 0) is 50.1 Å². The molecule has 122 valence electrons. The topological polar surface area (TPSA) is 94.9 Å². The lowest BCUT2D eigenvalue weighted by molar-refractivity contribution is -0.384. The molecular weight excluding hydrogens is 471 g/mol. The highest BCUT2D eigenvalue weighted by molar-refractivity contribution is 9.13. The lowest BCUT2D eigenvalue weighted by Gasteiger charge is -2.00. The first-order valence-corrected chi connectivity index (χ1v) is 8.23. The van der Waals surface area contributed by atoms with E-state index in [0.29, 0.717) is 14.9 Å². The number of hydrogen-bond acceptors (Lipinski definition) is 6. The number of nitro groups is 1. The van der Waals surface area contributed by atoms with Crippen molar-refractivity contribution in [1.82, 2.24) is 0 Å². The number of aliphatic imine (C=N–C) groups is 1. The van der Waals surface area contributed by atoms with E-state index in [2.05, 4.69) is 36.9 Å². The minimum Gasteiger partial charge on any atom is -0.449 e. The first-order chi connectivity index (χ1) is 11.3. The van der Waals surface area contributed by atoms with Crippen molar-refractivity contribution in [2.45, 2.75) is 0 Å². The van der Waals surface area contributed by atoms with Crippen molar-refractivity contribution in [3.8, 4) is 0 Å². The second kappa shape index (κ2) is 6.50. The third-order valence-corrected chi connectivity index (χ3v) is 4.98. The van der Waals surface area contributed by atoms with E-state index in [1.807, 2.05) is 0 Å². The van der Waals surface area contributed by atoms with E-state index in [4.69, 9.17) is 20.8 Å².